The Balaban J connectivity index is 1.87. The summed E-state index contributed by atoms with van der Waals surface area (Å²) in [6.07, 6.45) is 10.1. The maximum Gasteiger partial charge on any atom is 0.317 e. The third-order valence-corrected chi connectivity index (χ3v) is 4.99. The minimum atomic E-state index is -0.754. The minimum absolute atomic E-state index is 0.0805. The molecule has 2 fully saturated rings. The van der Waals surface area contributed by atoms with Crippen LogP contribution in [0.25, 0.3) is 0 Å². The maximum absolute atomic E-state index is 12.3. The summed E-state index contributed by atoms with van der Waals surface area (Å²) in [6, 6.07) is -0.0805. The Hall–Kier alpha value is -1.26. The molecule has 1 aliphatic carbocycles. The highest BCUT2D eigenvalue weighted by Crippen LogP contribution is 2.36. The van der Waals surface area contributed by atoms with Crippen LogP contribution < -0.4 is 5.32 Å². The van der Waals surface area contributed by atoms with Gasteiger partial charge in [-0.3, -0.25) is 4.79 Å². The van der Waals surface area contributed by atoms with Crippen LogP contribution in [0.4, 0.5) is 4.79 Å². The Morgan fingerprint density at radius 1 is 0.905 bits per heavy atom. The summed E-state index contributed by atoms with van der Waals surface area (Å²) in [6.45, 7) is 1.87. The smallest absolute Gasteiger partial charge is 0.317 e. The monoisotopic (exact) mass is 296 g/mol. The summed E-state index contributed by atoms with van der Waals surface area (Å²) in [4.78, 5) is 25.8. The molecule has 2 aliphatic rings. The van der Waals surface area contributed by atoms with Crippen molar-refractivity contribution in [2.75, 3.05) is 19.6 Å². The van der Waals surface area contributed by atoms with E-state index in [4.69, 9.17) is 0 Å². The molecule has 21 heavy (non-hydrogen) atoms. The number of likely N-dealkylation sites (tertiary alicyclic amines) is 1. The first-order chi connectivity index (χ1) is 10.1. The molecule has 5 heteroatoms. The number of rotatable bonds is 3. The second-order valence-corrected chi connectivity index (χ2v) is 6.56. The van der Waals surface area contributed by atoms with Gasteiger partial charge >= 0.3 is 12.0 Å². The van der Waals surface area contributed by atoms with E-state index in [0.29, 0.717) is 12.8 Å². The van der Waals surface area contributed by atoms with Crippen LogP contribution in [0.15, 0.2) is 0 Å². The molecule has 1 saturated heterocycles. The molecule has 2 N–H and O–H groups in total. The molecule has 0 aromatic carbocycles. The molecule has 5 nitrogen and oxygen atoms in total. The average Bonchev–Trinajstić information content (AvgIpc) is 2.45. The first kappa shape index (κ1) is 16.1. The molecule has 0 bridgehead atoms. The maximum atomic E-state index is 12.3. The third kappa shape index (κ3) is 4.35. The van der Waals surface area contributed by atoms with Gasteiger partial charge in [-0.15, -0.1) is 0 Å². The highest BCUT2D eigenvalue weighted by atomic mass is 16.4. The zero-order valence-electron chi connectivity index (χ0n) is 12.9. The number of hydrogen-bond donors (Lipinski definition) is 2. The van der Waals surface area contributed by atoms with Gasteiger partial charge in [-0.25, -0.2) is 4.79 Å². The van der Waals surface area contributed by atoms with Crippen molar-refractivity contribution in [3.63, 3.8) is 0 Å². The van der Waals surface area contributed by atoms with Crippen molar-refractivity contribution in [1.82, 2.24) is 10.2 Å². The van der Waals surface area contributed by atoms with Crippen molar-refractivity contribution in [2.24, 2.45) is 5.41 Å². The molecule has 1 heterocycles. The third-order valence-electron chi connectivity index (χ3n) is 4.99. The predicted octanol–water partition coefficient (Wildman–Crippen LogP) is 3.00. The largest absolute Gasteiger partial charge is 0.481 e. The molecule has 0 unspecified atom stereocenters. The van der Waals surface area contributed by atoms with Gasteiger partial charge in [0.25, 0.3) is 0 Å². The second kappa shape index (κ2) is 7.66. The highest BCUT2D eigenvalue weighted by Gasteiger charge is 2.40. The van der Waals surface area contributed by atoms with E-state index < -0.39 is 11.4 Å². The minimum Gasteiger partial charge on any atom is -0.481 e. The normalized spacial score (nSPS) is 23.0. The molecule has 0 atom stereocenters. The molecular formula is C16H28N2O3. The first-order valence-electron chi connectivity index (χ1n) is 8.40. The molecular weight excluding hydrogens is 268 g/mol. The summed E-state index contributed by atoms with van der Waals surface area (Å²) < 4.78 is 0. The molecule has 0 aromatic rings. The Labute approximate surface area is 127 Å². The van der Waals surface area contributed by atoms with E-state index in [-0.39, 0.29) is 12.6 Å². The molecule has 1 aliphatic heterocycles. The zero-order chi connectivity index (χ0) is 15.1. The first-order valence-corrected chi connectivity index (χ1v) is 8.40. The number of nitrogens with one attached hydrogen (secondary N) is 1. The lowest BCUT2D eigenvalue weighted by atomic mass is 9.74. The van der Waals surface area contributed by atoms with Crippen LogP contribution in [-0.4, -0.2) is 41.6 Å². The van der Waals surface area contributed by atoms with Crippen LogP contribution in [0, 0.1) is 5.41 Å². The lowest BCUT2D eigenvalue weighted by molar-refractivity contribution is -0.150. The van der Waals surface area contributed by atoms with Crippen LogP contribution in [0.2, 0.25) is 0 Å². The summed E-state index contributed by atoms with van der Waals surface area (Å²) in [5.41, 5.74) is -0.739. The average molecular weight is 296 g/mol. The Bertz CT molecular complexity index is 357. The predicted molar refractivity (Wildman–Crippen MR) is 81.2 cm³/mol. The Kier molecular flexibility index (Phi) is 5.88. The van der Waals surface area contributed by atoms with Crippen molar-refractivity contribution < 1.29 is 14.7 Å². The van der Waals surface area contributed by atoms with Gasteiger partial charge in [-0.05, 0) is 25.7 Å². The van der Waals surface area contributed by atoms with Crippen molar-refractivity contribution in [1.29, 1.82) is 0 Å². The van der Waals surface area contributed by atoms with E-state index >= 15 is 0 Å². The van der Waals surface area contributed by atoms with Crippen molar-refractivity contribution in [2.45, 2.75) is 64.2 Å². The number of nitrogens with zero attached hydrogens (tertiary/aromatic N) is 1. The summed E-state index contributed by atoms with van der Waals surface area (Å²) in [5.74, 6) is -0.754. The fourth-order valence-electron chi connectivity index (χ4n) is 3.50. The van der Waals surface area contributed by atoms with Crippen molar-refractivity contribution in [3.8, 4) is 0 Å². The molecule has 1 saturated carbocycles. The van der Waals surface area contributed by atoms with Gasteiger partial charge in [0.05, 0.1) is 5.41 Å². The molecule has 2 amide bonds. The number of urea groups is 1. The lowest BCUT2D eigenvalue weighted by Gasteiger charge is -2.34. The second-order valence-electron chi connectivity index (χ2n) is 6.56. The SMILES string of the molecule is O=C(NCC1(C(=O)O)CCCCC1)N1CCCCCCC1. The van der Waals surface area contributed by atoms with E-state index in [1.807, 2.05) is 4.90 Å². The molecule has 0 spiro atoms. The zero-order valence-corrected chi connectivity index (χ0v) is 12.9. The Morgan fingerprint density at radius 3 is 2.00 bits per heavy atom. The molecule has 0 aromatic heterocycles. The fourth-order valence-corrected chi connectivity index (χ4v) is 3.50. The van der Waals surface area contributed by atoms with E-state index in [9.17, 15) is 14.7 Å². The topological polar surface area (TPSA) is 69.6 Å². The molecule has 2 rings (SSSR count). The number of carbonyl (C=O) groups is 2. The number of hydrogen-bond acceptors (Lipinski definition) is 2. The summed E-state index contributed by atoms with van der Waals surface area (Å²) >= 11 is 0. The summed E-state index contributed by atoms with van der Waals surface area (Å²) in [5, 5.41) is 12.4. The van der Waals surface area contributed by atoms with Crippen molar-refractivity contribution >= 4 is 12.0 Å². The van der Waals surface area contributed by atoms with E-state index in [0.717, 1.165) is 45.2 Å². The number of aliphatic carboxylic acids is 1. The van der Waals surface area contributed by atoms with Gasteiger partial charge in [-0.1, -0.05) is 38.5 Å². The number of carboxylic acid groups (broad SMARTS) is 1. The van der Waals surface area contributed by atoms with Crippen LogP contribution >= 0.6 is 0 Å². The highest BCUT2D eigenvalue weighted by molar-refractivity contribution is 5.78. The van der Waals surface area contributed by atoms with Crippen LogP contribution in [0.5, 0.6) is 0 Å². The van der Waals surface area contributed by atoms with E-state index in [1.165, 1.54) is 19.3 Å². The van der Waals surface area contributed by atoms with Crippen LogP contribution in [0.1, 0.15) is 64.2 Å². The van der Waals surface area contributed by atoms with E-state index in [2.05, 4.69) is 5.32 Å². The van der Waals surface area contributed by atoms with Gasteiger partial charge in [0.15, 0.2) is 0 Å². The number of carbonyl (C=O) groups excluding carboxylic acids is 1. The molecule has 120 valence electrons. The van der Waals surface area contributed by atoms with Gasteiger partial charge in [0.1, 0.15) is 0 Å². The quantitative estimate of drug-likeness (QED) is 0.841. The van der Waals surface area contributed by atoms with E-state index in [1.54, 1.807) is 0 Å². The van der Waals surface area contributed by atoms with Gasteiger partial charge < -0.3 is 15.3 Å². The van der Waals surface area contributed by atoms with Gasteiger partial charge in [0, 0.05) is 19.6 Å². The van der Waals surface area contributed by atoms with Crippen molar-refractivity contribution in [3.05, 3.63) is 0 Å². The fraction of sp³-hybridized carbons (Fsp3) is 0.875. The summed E-state index contributed by atoms with van der Waals surface area (Å²) in [7, 11) is 0. The van der Waals surface area contributed by atoms with Crippen LogP contribution in [0.3, 0.4) is 0 Å². The van der Waals surface area contributed by atoms with Gasteiger partial charge in [-0.2, -0.15) is 0 Å². The molecule has 0 radical (unpaired) electrons. The van der Waals surface area contributed by atoms with Crippen LogP contribution in [-0.2, 0) is 4.79 Å². The Morgan fingerprint density at radius 2 is 1.43 bits per heavy atom. The number of carboxylic acids is 1. The number of amides is 2. The van der Waals surface area contributed by atoms with Gasteiger partial charge in [0.2, 0.25) is 0 Å². The standard InChI is InChI=1S/C16H28N2O3/c19-14(20)16(9-5-4-6-10-16)13-17-15(21)18-11-7-2-1-3-8-12-18/h1-13H2,(H,17,21)(H,19,20). The lowest BCUT2D eigenvalue weighted by Crippen LogP contribution is -2.49.